The van der Waals surface area contributed by atoms with Gasteiger partial charge in [0, 0.05) is 23.2 Å². The van der Waals surface area contributed by atoms with Gasteiger partial charge in [0.15, 0.2) is 5.75 Å². The lowest BCUT2D eigenvalue weighted by Gasteiger charge is -2.34. The second-order valence-corrected chi connectivity index (χ2v) is 11.1. The summed E-state index contributed by atoms with van der Waals surface area (Å²) in [4.78, 5) is 19.0. The molecule has 1 fully saturated rings. The van der Waals surface area contributed by atoms with Crippen LogP contribution in [0, 0.1) is 5.82 Å². The van der Waals surface area contributed by atoms with Crippen LogP contribution in [0.2, 0.25) is 5.02 Å². The highest BCUT2D eigenvalue weighted by molar-refractivity contribution is 6.30. The van der Waals surface area contributed by atoms with E-state index in [1.54, 1.807) is 29.8 Å². The Labute approximate surface area is 251 Å². The molecule has 2 aliphatic rings. The lowest BCUT2D eigenvalue weighted by Crippen LogP contribution is -2.33. The number of ether oxygens (including phenoxy) is 3. The number of alkyl halides is 2. The van der Waals surface area contributed by atoms with Gasteiger partial charge < -0.3 is 18.8 Å². The highest BCUT2D eigenvalue weighted by Crippen LogP contribution is 2.42. The standard InChI is InChI=1S/C32H29ClF3N3O4/c1-38-25-14-20(31(40)41-2)15-27(43-32(35)36)29(25)37-28(38)17-39-12-10-18(11-13-39)22-5-3-4-19-6-9-26(42-30(19)22)23-8-7-21(33)16-24(23)34/h3-9,14-16,18,26,32H,10-13,17H2,1-2H3/t26-/m1/s1. The number of aromatic nitrogens is 2. The van der Waals surface area contributed by atoms with Crippen molar-refractivity contribution in [2.45, 2.75) is 38.0 Å². The van der Waals surface area contributed by atoms with E-state index in [0.29, 0.717) is 28.5 Å². The molecule has 0 bridgehead atoms. The fourth-order valence-electron chi connectivity index (χ4n) is 5.89. The van der Waals surface area contributed by atoms with Crippen molar-refractivity contribution < 1.29 is 32.2 Å². The zero-order valence-corrected chi connectivity index (χ0v) is 24.3. The number of rotatable bonds is 7. The summed E-state index contributed by atoms with van der Waals surface area (Å²) < 4.78 is 58.6. The number of aryl methyl sites for hydroxylation is 1. The van der Waals surface area contributed by atoms with E-state index in [1.807, 2.05) is 24.3 Å². The van der Waals surface area contributed by atoms with Crippen molar-refractivity contribution >= 4 is 34.7 Å². The van der Waals surface area contributed by atoms with Crippen molar-refractivity contribution in [2.75, 3.05) is 20.2 Å². The van der Waals surface area contributed by atoms with Gasteiger partial charge in [-0.2, -0.15) is 8.78 Å². The number of halogens is 4. The van der Waals surface area contributed by atoms with E-state index in [2.05, 4.69) is 16.0 Å². The molecule has 1 atom stereocenters. The minimum Gasteiger partial charge on any atom is -0.481 e. The summed E-state index contributed by atoms with van der Waals surface area (Å²) in [6.07, 6.45) is 4.99. The van der Waals surface area contributed by atoms with Crippen LogP contribution in [0.5, 0.6) is 11.5 Å². The second kappa shape index (κ2) is 11.9. The number of para-hydroxylation sites is 1. The average molecular weight is 612 g/mol. The normalized spacial score (nSPS) is 17.2. The van der Waals surface area contributed by atoms with Gasteiger partial charge in [0.1, 0.15) is 29.0 Å². The second-order valence-electron chi connectivity index (χ2n) is 10.7. The van der Waals surface area contributed by atoms with Crippen LogP contribution in [-0.2, 0) is 18.3 Å². The van der Waals surface area contributed by atoms with Crippen molar-refractivity contribution in [2.24, 2.45) is 7.05 Å². The predicted octanol–water partition coefficient (Wildman–Crippen LogP) is 7.28. The maximum atomic E-state index is 14.7. The summed E-state index contributed by atoms with van der Waals surface area (Å²) in [6.45, 7) is -1.03. The number of piperidine rings is 1. The Kier molecular flexibility index (Phi) is 8.07. The number of hydrogen-bond acceptors (Lipinski definition) is 6. The Hall–Kier alpha value is -4.02. The van der Waals surface area contributed by atoms with Crippen LogP contribution in [0.1, 0.15) is 57.7 Å². The van der Waals surface area contributed by atoms with Gasteiger partial charge in [-0.05, 0) is 67.8 Å². The summed E-state index contributed by atoms with van der Waals surface area (Å²) in [5, 5.41) is 0.334. The summed E-state index contributed by atoms with van der Waals surface area (Å²) in [6, 6.07) is 13.5. The molecule has 3 heterocycles. The van der Waals surface area contributed by atoms with Crippen LogP contribution < -0.4 is 9.47 Å². The fourth-order valence-corrected chi connectivity index (χ4v) is 6.05. The van der Waals surface area contributed by atoms with Gasteiger partial charge in [-0.1, -0.05) is 41.9 Å². The highest BCUT2D eigenvalue weighted by Gasteiger charge is 2.29. The Bertz CT molecular complexity index is 1720. The molecule has 11 heteroatoms. The summed E-state index contributed by atoms with van der Waals surface area (Å²) in [7, 11) is 3.01. The first-order chi connectivity index (χ1) is 20.7. The van der Waals surface area contributed by atoms with E-state index in [1.165, 1.54) is 19.2 Å². The quantitative estimate of drug-likeness (QED) is 0.205. The number of likely N-dealkylation sites (tertiary alicyclic amines) is 1. The van der Waals surface area contributed by atoms with Gasteiger partial charge in [0.25, 0.3) is 0 Å². The van der Waals surface area contributed by atoms with Crippen LogP contribution in [0.3, 0.4) is 0 Å². The van der Waals surface area contributed by atoms with Crippen LogP contribution in [0.25, 0.3) is 17.1 Å². The van der Waals surface area contributed by atoms with Gasteiger partial charge in [-0.25, -0.2) is 14.2 Å². The molecule has 0 saturated carbocycles. The van der Waals surface area contributed by atoms with Gasteiger partial charge in [-0.3, -0.25) is 4.90 Å². The van der Waals surface area contributed by atoms with Crippen molar-refractivity contribution in [1.82, 2.24) is 14.5 Å². The molecule has 43 heavy (non-hydrogen) atoms. The third-order valence-electron chi connectivity index (χ3n) is 8.11. The van der Waals surface area contributed by atoms with Gasteiger partial charge in [0.05, 0.1) is 24.7 Å². The molecule has 3 aromatic carbocycles. The third kappa shape index (κ3) is 5.81. The zero-order valence-electron chi connectivity index (χ0n) is 23.5. The molecule has 0 aliphatic carbocycles. The first-order valence-electron chi connectivity index (χ1n) is 13.9. The topological polar surface area (TPSA) is 65.8 Å². The molecule has 7 nitrogen and oxygen atoms in total. The van der Waals surface area contributed by atoms with E-state index in [-0.39, 0.29) is 22.7 Å². The molecule has 4 aromatic rings. The number of benzene rings is 3. The Balaban J connectivity index is 1.18. The first kappa shape index (κ1) is 29.1. The molecule has 2 aliphatic heterocycles. The van der Waals surface area contributed by atoms with E-state index >= 15 is 0 Å². The van der Waals surface area contributed by atoms with Gasteiger partial charge in [-0.15, -0.1) is 0 Å². The molecule has 0 unspecified atom stereocenters. The number of hydrogen-bond donors (Lipinski definition) is 0. The number of methoxy groups -OCH3 is 1. The first-order valence-corrected chi connectivity index (χ1v) is 14.3. The minimum atomic E-state index is -3.07. The van der Waals surface area contributed by atoms with Gasteiger partial charge in [0.2, 0.25) is 0 Å². The van der Waals surface area contributed by atoms with E-state index in [9.17, 15) is 18.0 Å². The number of nitrogens with zero attached hydrogens (tertiary/aromatic N) is 3. The molecule has 1 saturated heterocycles. The zero-order chi connectivity index (χ0) is 30.2. The molecule has 6 rings (SSSR count). The third-order valence-corrected chi connectivity index (χ3v) is 8.35. The molecule has 224 valence electrons. The lowest BCUT2D eigenvalue weighted by molar-refractivity contribution is -0.0489. The van der Waals surface area contributed by atoms with Crippen LogP contribution in [-0.4, -0.2) is 47.2 Å². The van der Waals surface area contributed by atoms with Crippen LogP contribution in [0.4, 0.5) is 13.2 Å². The maximum Gasteiger partial charge on any atom is 0.387 e. The Morgan fingerprint density at radius 2 is 1.93 bits per heavy atom. The largest absolute Gasteiger partial charge is 0.481 e. The SMILES string of the molecule is COC(=O)c1cc(OC(F)F)c2nc(CN3CCC(c4cccc5c4O[C@@H](c4ccc(Cl)cc4F)C=C5)CC3)n(C)c2c1. The van der Waals surface area contributed by atoms with Crippen molar-refractivity contribution in [3.05, 3.63) is 93.5 Å². The van der Waals surface area contributed by atoms with E-state index in [0.717, 1.165) is 42.8 Å². The van der Waals surface area contributed by atoms with Crippen LogP contribution in [0.15, 0.2) is 54.6 Å². The predicted molar refractivity (Wildman–Crippen MR) is 156 cm³/mol. The molecule has 1 aromatic heterocycles. The summed E-state index contributed by atoms with van der Waals surface area (Å²) >= 11 is 5.95. The smallest absolute Gasteiger partial charge is 0.387 e. The fraction of sp³-hybridized carbons (Fsp3) is 0.312. The number of carbonyl (C=O) groups excluding carboxylic acids is 1. The van der Waals surface area contributed by atoms with E-state index < -0.39 is 24.5 Å². The lowest BCUT2D eigenvalue weighted by atomic mass is 9.87. The van der Waals surface area contributed by atoms with Crippen molar-refractivity contribution in [3.8, 4) is 11.5 Å². The van der Waals surface area contributed by atoms with Crippen molar-refractivity contribution in [3.63, 3.8) is 0 Å². The monoisotopic (exact) mass is 611 g/mol. The Morgan fingerprint density at radius 1 is 1.14 bits per heavy atom. The van der Waals surface area contributed by atoms with Crippen LogP contribution >= 0.6 is 11.6 Å². The molecular weight excluding hydrogens is 583 g/mol. The van der Waals surface area contributed by atoms with E-state index in [4.69, 9.17) is 25.8 Å². The minimum absolute atomic E-state index is 0.102. The van der Waals surface area contributed by atoms with Crippen molar-refractivity contribution in [1.29, 1.82) is 0 Å². The molecule has 0 spiro atoms. The summed E-state index contributed by atoms with van der Waals surface area (Å²) in [5.41, 5.74) is 3.33. The molecule has 0 radical (unpaired) electrons. The average Bonchev–Trinajstić information content (AvgIpc) is 3.31. The number of fused-ring (bicyclic) bond motifs is 2. The molecule has 0 amide bonds. The van der Waals surface area contributed by atoms with Gasteiger partial charge >= 0.3 is 12.6 Å². The maximum absolute atomic E-state index is 14.7. The Morgan fingerprint density at radius 3 is 2.65 bits per heavy atom. The number of carbonyl (C=O) groups is 1. The molecule has 0 N–H and O–H groups in total. The summed E-state index contributed by atoms with van der Waals surface area (Å²) in [5.74, 6) is 0.431. The highest BCUT2D eigenvalue weighted by atomic mass is 35.5. The number of imidazole rings is 1. The number of esters is 1. The molecular formula is C32H29ClF3N3O4.